The summed E-state index contributed by atoms with van der Waals surface area (Å²) < 4.78 is 11.2. The lowest BCUT2D eigenvalue weighted by atomic mass is 10.0. The molecule has 0 aliphatic heterocycles. The molecule has 5 heteroatoms. The molecule has 4 rings (SSSR count). The number of anilines is 1. The lowest BCUT2D eigenvalue weighted by Crippen LogP contribution is -2.22. The van der Waals surface area contributed by atoms with Gasteiger partial charge in [-0.25, -0.2) is 4.79 Å². The van der Waals surface area contributed by atoms with Crippen LogP contribution in [0.5, 0.6) is 0 Å². The molecule has 0 spiro atoms. The number of ether oxygens (including phenoxy) is 1. The van der Waals surface area contributed by atoms with Gasteiger partial charge in [0.25, 0.3) is 5.91 Å². The molecule has 1 heterocycles. The van der Waals surface area contributed by atoms with Crippen LogP contribution in [-0.4, -0.2) is 18.5 Å². The quantitative estimate of drug-likeness (QED) is 0.403. The summed E-state index contributed by atoms with van der Waals surface area (Å²) in [5.74, 6) is -0.891. The van der Waals surface area contributed by atoms with Gasteiger partial charge < -0.3 is 14.5 Å². The summed E-state index contributed by atoms with van der Waals surface area (Å²) in [6.45, 7) is 5.52. The van der Waals surface area contributed by atoms with Crippen LogP contribution in [0, 0.1) is 6.92 Å². The van der Waals surface area contributed by atoms with Crippen molar-refractivity contribution in [1.82, 2.24) is 0 Å². The molecule has 3 aromatic carbocycles. The van der Waals surface area contributed by atoms with E-state index < -0.39 is 5.97 Å². The Morgan fingerprint density at radius 1 is 0.903 bits per heavy atom. The Morgan fingerprint density at radius 3 is 2.32 bits per heavy atom. The van der Waals surface area contributed by atoms with E-state index in [-0.39, 0.29) is 18.3 Å². The van der Waals surface area contributed by atoms with Crippen LogP contribution in [0.25, 0.3) is 21.7 Å². The highest BCUT2D eigenvalue weighted by Gasteiger charge is 2.21. The normalized spacial score (nSPS) is 11.1. The zero-order chi connectivity index (χ0) is 22.0. The van der Waals surface area contributed by atoms with Gasteiger partial charge in [-0.3, -0.25) is 4.79 Å². The van der Waals surface area contributed by atoms with E-state index >= 15 is 0 Å². The van der Waals surface area contributed by atoms with Gasteiger partial charge in [-0.15, -0.1) is 0 Å². The summed E-state index contributed by atoms with van der Waals surface area (Å²) in [6, 6.07) is 17.7. The predicted octanol–water partition coefficient (Wildman–Crippen LogP) is 5.81. The van der Waals surface area contributed by atoms with Crippen molar-refractivity contribution < 1.29 is 18.7 Å². The van der Waals surface area contributed by atoms with Gasteiger partial charge in [-0.05, 0) is 36.3 Å². The van der Waals surface area contributed by atoms with Crippen LogP contribution in [0.3, 0.4) is 0 Å². The number of hydrogen-bond donors (Lipinski definition) is 1. The lowest BCUT2D eigenvalue weighted by Gasteiger charge is -2.14. The molecule has 1 amide bonds. The van der Waals surface area contributed by atoms with Crippen LogP contribution in [-0.2, 0) is 22.4 Å². The third-order valence-electron chi connectivity index (χ3n) is 5.61. The number of carbonyl (C=O) groups is 2. The van der Waals surface area contributed by atoms with Crippen molar-refractivity contribution in [2.45, 2.75) is 33.6 Å². The molecule has 0 fully saturated rings. The maximum absolute atomic E-state index is 12.7. The average molecular weight is 415 g/mol. The molecule has 0 unspecified atom stereocenters. The number of esters is 1. The Hall–Kier alpha value is -3.60. The topological polar surface area (TPSA) is 68.5 Å². The summed E-state index contributed by atoms with van der Waals surface area (Å²) in [5, 5.41) is 5.73. The van der Waals surface area contributed by atoms with E-state index in [1.165, 1.54) is 0 Å². The van der Waals surface area contributed by atoms with Crippen LogP contribution in [0.4, 0.5) is 5.69 Å². The Labute approximate surface area is 181 Å². The van der Waals surface area contributed by atoms with Crippen molar-refractivity contribution in [2.75, 3.05) is 11.9 Å². The van der Waals surface area contributed by atoms with E-state index in [0.29, 0.717) is 11.1 Å². The van der Waals surface area contributed by atoms with Gasteiger partial charge in [-0.2, -0.15) is 0 Å². The minimum atomic E-state index is -0.646. The van der Waals surface area contributed by atoms with Gasteiger partial charge in [0.15, 0.2) is 6.61 Å². The SMILES string of the molecule is CCc1cccc(CC)c1NC(=O)COC(=O)c1oc2c(ccc3ccccc32)c1C. The molecule has 158 valence electrons. The second-order valence-corrected chi connectivity index (χ2v) is 7.50. The smallest absolute Gasteiger partial charge is 0.375 e. The first-order chi connectivity index (χ1) is 15.0. The van der Waals surface area contributed by atoms with Crippen molar-refractivity contribution in [2.24, 2.45) is 0 Å². The second kappa shape index (κ2) is 8.64. The van der Waals surface area contributed by atoms with Crippen molar-refractivity contribution in [3.05, 3.63) is 77.0 Å². The van der Waals surface area contributed by atoms with Crippen molar-refractivity contribution in [1.29, 1.82) is 0 Å². The summed E-state index contributed by atoms with van der Waals surface area (Å²) in [6.07, 6.45) is 1.60. The molecular formula is C26H25NO4. The number of furan rings is 1. The summed E-state index contributed by atoms with van der Waals surface area (Å²) in [7, 11) is 0. The van der Waals surface area contributed by atoms with Crippen molar-refractivity contribution in [3.8, 4) is 0 Å². The first kappa shape index (κ1) is 20.7. The summed E-state index contributed by atoms with van der Waals surface area (Å²) in [5.41, 5.74) is 4.27. The van der Waals surface area contributed by atoms with E-state index in [1.54, 1.807) is 0 Å². The van der Waals surface area contributed by atoms with Crippen LogP contribution in [0.1, 0.15) is 41.1 Å². The van der Waals surface area contributed by atoms with E-state index in [9.17, 15) is 9.59 Å². The van der Waals surface area contributed by atoms with Gasteiger partial charge in [0.2, 0.25) is 5.76 Å². The van der Waals surface area contributed by atoms with Gasteiger partial charge >= 0.3 is 5.97 Å². The highest BCUT2D eigenvalue weighted by molar-refractivity contribution is 6.08. The first-order valence-electron chi connectivity index (χ1n) is 10.5. The lowest BCUT2D eigenvalue weighted by molar-refractivity contribution is -0.119. The zero-order valence-electron chi connectivity index (χ0n) is 18.0. The first-order valence-corrected chi connectivity index (χ1v) is 10.5. The molecule has 0 aliphatic rings. The number of aryl methyl sites for hydroxylation is 3. The molecular weight excluding hydrogens is 390 g/mol. The highest BCUT2D eigenvalue weighted by atomic mass is 16.5. The van der Waals surface area contributed by atoms with Crippen LogP contribution < -0.4 is 5.32 Å². The molecule has 1 aromatic heterocycles. The fourth-order valence-electron chi connectivity index (χ4n) is 3.92. The number of rotatable bonds is 6. The molecule has 4 aromatic rings. The Morgan fingerprint density at radius 2 is 1.61 bits per heavy atom. The van der Waals surface area contributed by atoms with E-state index in [0.717, 1.165) is 45.8 Å². The van der Waals surface area contributed by atoms with Gasteiger partial charge in [-0.1, -0.05) is 68.4 Å². The van der Waals surface area contributed by atoms with Gasteiger partial charge in [0.05, 0.1) is 0 Å². The fraction of sp³-hybridized carbons (Fsp3) is 0.231. The molecule has 0 radical (unpaired) electrons. The maximum Gasteiger partial charge on any atom is 0.375 e. The average Bonchev–Trinajstić information content (AvgIpc) is 3.14. The molecule has 0 saturated heterocycles. The number of benzene rings is 3. The predicted molar refractivity (Wildman–Crippen MR) is 123 cm³/mol. The van der Waals surface area contributed by atoms with E-state index in [2.05, 4.69) is 5.32 Å². The number of fused-ring (bicyclic) bond motifs is 3. The minimum Gasteiger partial charge on any atom is -0.450 e. The third kappa shape index (κ3) is 3.91. The van der Waals surface area contributed by atoms with Crippen LogP contribution in [0.2, 0.25) is 0 Å². The summed E-state index contributed by atoms with van der Waals surface area (Å²) >= 11 is 0. The van der Waals surface area contributed by atoms with Crippen LogP contribution in [0.15, 0.2) is 59.0 Å². The van der Waals surface area contributed by atoms with E-state index in [4.69, 9.17) is 9.15 Å². The van der Waals surface area contributed by atoms with Gasteiger partial charge in [0.1, 0.15) is 5.58 Å². The van der Waals surface area contributed by atoms with Crippen LogP contribution >= 0.6 is 0 Å². The Balaban J connectivity index is 1.52. The van der Waals surface area contributed by atoms with Crippen molar-refractivity contribution in [3.63, 3.8) is 0 Å². The standard InChI is InChI=1S/C26H25NO4/c1-4-17-10-8-11-18(5-2)23(17)27-22(28)15-30-26(29)24-16(3)20-14-13-19-9-6-7-12-21(19)25(20)31-24/h6-14H,4-5,15H2,1-3H3,(H,27,28). The van der Waals surface area contributed by atoms with Gasteiger partial charge in [0, 0.05) is 22.0 Å². The van der Waals surface area contributed by atoms with E-state index in [1.807, 2.05) is 75.4 Å². The molecule has 0 bridgehead atoms. The number of amides is 1. The maximum atomic E-state index is 12.7. The monoisotopic (exact) mass is 415 g/mol. The number of hydrogen-bond acceptors (Lipinski definition) is 4. The molecule has 0 saturated carbocycles. The minimum absolute atomic E-state index is 0.127. The second-order valence-electron chi connectivity index (χ2n) is 7.50. The summed E-state index contributed by atoms with van der Waals surface area (Å²) in [4.78, 5) is 25.2. The van der Waals surface area contributed by atoms with Crippen molar-refractivity contribution >= 4 is 39.3 Å². The molecule has 1 N–H and O–H groups in total. The largest absolute Gasteiger partial charge is 0.450 e. The zero-order valence-corrected chi connectivity index (χ0v) is 18.0. The number of carbonyl (C=O) groups excluding carboxylic acids is 2. The molecule has 31 heavy (non-hydrogen) atoms. The molecule has 0 atom stereocenters. The Kier molecular flexibility index (Phi) is 5.76. The molecule has 5 nitrogen and oxygen atoms in total. The third-order valence-corrected chi connectivity index (χ3v) is 5.61. The number of nitrogens with one attached hydrogen (secondary N) is 1. The molecule has 0 aliphatic carbocycles. The number of para-hydroxylation sites is 1. The highest BCUT2D eigenvalue weighted by Crippen LogP contribution is 2.32. The Bertz CT molecular complexity index is 1260. The fourth-order valence-corrected chi connectivity index (χ4v) is 3.92.